The summed E-state index contributed by atoms with van der Waals surface area (Å²) in [5, 5.41) is 0.832. The topological polar surface area (TPSA) is 51.8 Å². The first-order valence-electron chi connectivity index (χ1n) is 4.51. The van der Waals surface area contributed by atoms with E-state index in [9.17, 15) is 0 Å². The van der Waals surface area contributed by atoms with Gasteiger partial charge < -0.3 is 5.73 Å². The van der Waals surface area contributed by atoms with Crippen molar-refractivity contribution < 1.29 is 0 Å². The van der Waals surface area contributed by atoms with Gasteiger partial charge >= 0.3 is 0 Å². The van der Waals surface area contributed by atoms with Crippen LogP contribution in [0.25, 0.3) is 0 Å². The van der Waals surface area contributed by atoms with Gasteiger partial charge in [0.05, 0.1) is 0 Å². The van der Waals surface area contributed by atoms with Gasteiger partial charge in [0, 0.05) is 24.2 Å². The van der Waals surface area contributed by atoms with Gasteiger partial charge in [-0.1, -0.05) is 11.8 Å². The summed E-state index contributed by atoms with van der Waals surface area (Å²) in [5.41, 5.74) is 5.95. The van der Waals surface area contributed by atoms with Gasteiger partial charge in [0.25, 0.3) is 0 Å². The van der Waals surface area contributed by atoms with Crippen LogP contribution in [0.3, 0.4) is 0 Å². The molecule has 1 heterocycles. The monoisotopic (exact) mass is 195 g/mol. The van der Waals surface area contributed by atoms with E-state index in [0.717, 1.165) is 16.8 Å². The van der Waals surface area contributed by atoms with Crippen molar-refractivity contribution in [3.05, 3.63) is 18.5 Å². The van der Waals surface area contributed by atoms with Crippen molar-refractivity contribution in [2.45, 2.75) is 24.0 Å². The van der Waals surface area contributed by atoms with Gasteiger partial charge in [-0.05, 0) is 24.8 Å². The maximum absolute atomic E-state index is 5.95. The fraction of sp³-hybridized carbons (Fsp3) is 0.556. The molecule has 0 saturated heterocycles. The van der Waals surface area contributed by atoms with Crippen LogP contribution in [0.2, 0.25) is 0 Å². The van der Waals surface area contributed by atoms with Crippen molar-refractivity contribution in [2.75, 3.05) is 5.75 Å². The molecular formula is C9H13N3S. The SMILES string of the molecule is NC(CSc1ncccn1)C1CC1. The summed E-state index contributed by atoms with van der Waals surface area (Å²) < 4.78 is 0. The van der Waals surface area contributed by atoms with Gasteiger partial charge in [-0.2, -0.15) is 0 Å². The fourth-order valence-electron chi connectivity index (χ4n) is 1.19. The number of rotatable bonds is 4. The molecule has 3 nitrogen and oxygen atoms in total. The first-order valence-corrected chi connectivity index (χ1v) is 5.50. The maximum Gasteiger partial charge on any atom is 0.187 e. The van der Waals surface area contributed by atoms with Gasteiger partial charge in [-0.15, -0.1) is 0 Å². The summed E-state index contributed by atoms with van der Waals surface area (Å²) in [6.07, 6.45) is 6.13. The Balaban J connectivity index is 1.78. The van der Waals surface area contributed by atoms with E-state index in [1.54, 1.807) is 24.2 Å². The Hall–Kier alpha value is -0.610. The molecule has 1 aliphatic rings. The molecule has 1 aliphatic carbocycles. The number of thioether (sulfide) groups is 1. The molecule has 1 aromatic rings. The Kier molecular flexibility index (Phi) is 2.80. The summed E-state index contributed by atoms with van der Waals surface area (Å²) >= 11 is 1.65. The highest BCUT2D eigenvalue weighted by Crippen LogP contribution is 2.33. The highest BCUT2D eigenvalue weighted by Gasteiger charge is 2.28. The van der Waals surface area contributed by atoms with E-state index in [1.165, 1.54) is 12.8 Å². The van der Waals surface area contributed by atoms with Gasteiger partial charge in [0.2, 0.25) is 0 Å². The molecule has 0 radical (unpaired) electrons. The van der Waals surface area contributed by atoms with E-state index < -0.39 is 0 Å². The molecule has 70 valence electrons. The third kappa shape index (κ3) is 2.67. The van der Waals surface area contributed by atoms with Crippen LogP contribution >= 0.6 is 11.8 Å². The zero-order chi connectivity index (χ0) is 9.10. The number of hydrogen-bond acceptors (Lipinski definition) is 4. The van der Waals surface area contributed by atoms with Crippen molar-refractivity contribution in [2.24, 2.45) is 11.7 Å². The van der Waals surface area contributed by atoms with E-state index in [1.807, 2.05) is 6.07 Å². The Bertz CT molecular complexity index is 261. The minimum absolute atomic E-state index is 0.328. The third-order valence-corrected chi connectivity index (χ3v) is 3.20. The standard InChI is InChI=1S/C9H13N3S/c10-8(7-2-3-7)6-13-9-11-4-1-5-12-9/h1,4-5,7-8H,2-3,6,10H2. The fourth-order valence-corrected chi connectivity index (χ4v) is 2.08. The zero-order valence-electron chi connectivity index (χ0n) is 7.39. The van der Waals surface area contributed by atoms with E-state index in [2.05, 4.69) is 9.97 Å². The molecule has 0 spiro atoms. The average molecular weight is 195 g/mol. The molecule has 0 aliphatic heterocycles. The van der Waals surface area contributed by atoms with Crippen LogP contribution in [0.15, 0.2) is 23.6 Å². The van der Waals surface area contributed by atoms with E-state index >= 15 is 0 Å². The van der Waals surface area contributed by atoms with Crippen LogP contribution < -0.4 is 5.73 Å². The molecule has 1 unspecified atom stereocenters. The summed E-state index contributed by atoms with van der Waals surface area (Å²) in [4.78, 5) is 8.25. The van der Waals surface area contributed by atoms with Gasteiger partial charge in [-0.3, -0.25) is 0 Å². The normalized spacial score (nSPS) is 18.5. The second kappa shape index (κ2) is 4.07. The van der Waals surface area contributed by atoms with Crippen molar-refractivity contribution in [1.29, 1.82) is 0 Å². The van der Waals surface area contributed by atoms with Gasteiger partial charge in [-0.25, -0.2) is 9.97 Å². The predicted molar refractivity (Wildman–Crippen MR) is 53.5 cm³/mol. The number of nitrogens with two attached hydrogens (primary N) is 1. The van der Waals surface area contributed by atoms with Crippen LogP contribution in [0.5, 0.6) is 0 Å². The van der Waals surface area contributed by atoms with Crippen molar-refractivity contribution in [3.63, 3.8) is 0 Å². The maximum atomic E-state index is 5.95. The zero-order valence-corrected chi connectivity index (χ0v) is 8.20. The van der Waals surface area contributed by atoms with Crippen LogP contribution in [0, 0.1) is 5.92 Å². The summed E-state index contributed by atoms with van der Waals surface area (Å²) in [7, 11) is 0. The predicted octanol–water partition coefficient (Wildman–Crippen LogP) is 1.31. The average Bonchev–Trinajstić information content (AvgIpc) is 2.99. The number of nitrogens with zero attached hydrogens (tertiary/aromatic N) is 2. The molecular weight excluding hydrogens is 182 g/mol. The molecule has 1 fully saturated rings. The molecule has 1 aromatic heterocycles. The van der Waals surface area contributed by atoms with Crippen LogP contribution in [0.4, 0.5) is 0 Å². The van der Waals surface area contributed by atoms with E-state index in [4.69, 9.17) is 5.73 Å². The number of hydrogen-bond donors (Lipinski definition) is 1. The smallest absolute Gasteiger partial charge is 0.187 e. The van der Waals surface area contributed by atoms with Gasteiger partial charge in [0.1, 0.15) is 0 Å². The summed E-state index contributed by atoms with van der Waals surface area (Å²) in [6, 6.07) is 2.15. The quantitative estimate of drug-likeness (QED) is 0.581. The molecule has 0 aromatic carbocycles. The van der Waals surface area contributed by atoms with Crippen molar-refractivity contribution in [1.82, 2.24) is 9.97 Å². The Morgan fingerprint density at radius 2 is 2.15 bits per heavy atom. The lowest BCUT2D eigenvalue weighted by molar-refractivity contribution is 0.658. The van der Waals surface area contributed by atoms with Gasteiger partial charge in [0.15, 0.2) is 5.16 Å². The molecule has 13 heavy (non-hydrogen) atoms. The molecule has 1 atom stereocenters. The van der Waals surface area contributed by atoms with Crippen LogP contribution in [0.1, 0.15) is 12.8 Å². The lowest BCUT2D eigenvalue weighted by Gasteiger charge is -2.07. The van der Waals surface area contributed by atoms with E-state index in [0.29, 0.717) is 6.04 Å². The van der Waals surface area contributed by atoms with Crippen LogP contribution in [-0.2, 0) is 0 Å². The number of aromatic nitrogens is 2. The highest BCUT2D eigenvalue weighted by atomic mass is 32.2. The Labute approximate surface area is 82.2 Å². The van der Waals surface area contributed by atoms with Crippen molar-refractivity contribution >= 4 is 11.8 Å². The highest BCUT2D eigenvalue weighted by molar-refractivity contribution is 7.99. The second-order valence-electron chi connectivity index (χ2n) is 3.34. The third-order valence-electron chi connectivity index (χ3n) is 2.17. The first kappa shape index (κ1) is 8.97. The molecule has 4 heteroatoms. The second-order valence-corrected chi connectivity index (χ2v) is 4.33. The van der Waals surface area contributed by atoms with Crippen molar-refractivity contribution in [3.8, 4) is 0 Å². The minimum atomic E-state index is 0.328. The lowest BCUT2D eigenvalue weighted by Crippen LogP contribution is -2.25. The molecule has 0 amide bonds. The van der Waals surface area contributed by atoms with E-state index in [-0.39, 0.29) is 0 Å². The lowest BCUT2D eigenvalue weighted by atomic mass is 10.2. The first-order chi connectivity index (χ1) is 6.36. The Morgan fingerprint density at radius 1 is 1.46 bits per heavy atom. The van der Waals surface area contributed by atoms with Crippen LogP contribution in [-0.4, -0.2) is 21.8 Å². The minimum Gasteiger partial charge on any atom is -0.327 e. The Morgan fingerprint density at radius 3 is 2.77 bits per heavy atom. The molecule has 2 rings (SSSR count). The summed E-state index contributed by atoms with van der Waals surface area (Å²) in [5.74, 6) is 1.70. The summed E-state index contributed by atoms with van der Waals surface area (Å²) in [6.45, 7) is 0. The molecule has 0 bridgehead atoms. The largest absolute Gasteiger partial charge is 0.327 e. The molecule has 1 saturated carbocycles. The molecule has 2 N–H and O–H groups in total.